The van der Waals surface area contributed by atoms with Gasteiger partial charge in [0.15, 0.2) is 0 Å². The monoisotopic (exact) mass is 223 g/mol. The Bertz CT molecular complexity index is 161. The molecule has 11 heavy (non-hydrogen) atoms. The Morgan fingerprint density at radius 1 is 0.909 bits per heavy atom. The van der Waals surface area contributed by atoms with Gasteiger partial charge < -0.3 is 0 Å². The molecule has 0 saturated heterocycles. The summed E-state index contributed by atoms with van der Waals surface area (Å²) in [5.74, 6) is 0. The van der Waals surface area contributed by atoms with Crippen LogP contribution in [0.3, 0.4) is 0 Å². The van der Waals surface area contributed by atoms with E-state index in [1.165, 1.54) is 0 Å². The Kier molecular flexibility index (Phi) is 10.1. The molecule has 0 N–H and O–H groups in total. The van der Waals surface area contributed by atoms with Gasteiger partial charge in [-0.3, -0.25) is 25.0 Å². The number of benzene rings is 1. The van der Waals surface area contributed by atoms with Crippen molar-refractivity contribution in [2.24, 2.45) is 0 Å². The molecule has 0 atom stereocenters. The summed E-state index contributed by atoms with van der Waals surface area (Å²) < 4.78 is 0. The molecule has 0 unspecified atom stereocenters. The van der Waals surface area contributed by atoms with Crippen molar-refractivity contribution in [1.82, 2.24) is 0 Å². The number of rotatable bonds is 0. The first-order chi connectivity index (χ1) is 4.80. The molecule has 0 nitrogen and oxygen atoms in total. The van der Waals surface area contributed by atoms with Crippen LogP contribution >= 0.6 is 0 Å². The molecule has 0 saturated carbocycles. The van der Waals surface area contributed by atoms with E-state index < -0.39 is 0 Å². The van der Waals surface area contributed by atoms with Gasteiger partial charge in [-0.1, -0.05) is 13.8 Å². The fourth-order valence-electron chi connectivity index (χ4n) is 0.557. The van der Waals surface area contributed by atoms with Gasteiger partial charge in [0.05, 0.1) is 0 Å². The van der Waals surface area contributed by atoms with Gasteiger partial charge >= 0.3 is 0 Å². The van der Waals surface area contributed by atoms with Crippen LogP contribution in [0.1, 0.15) is 25.0 Å². The molecule has 0 spiro atoms. The first-order valence-corrected chi connectivity index (χ1v) is 3.53. The Morgan fingerprint density at radius 3 is 1.36 bits per heavy atom. The van der Waals surface area contributed by atoms with E-state index in [1.54, 1.807) is 0 Å². The summed E-state index contributed by atoms with van der Waals surface area (Å²) in [5, 5.41) is 0. The van der Waals surface area contributed by atoms with E-state index in [4.69, 9.17) is 0 Å². The van der Waals surface area contributed by atoms with Gasteiger partial charge in [-0.05, 0) is 0 Å². The predicted molar refractivity (Wildman–Crippen MR) is 46.7 cm³/mol. The molecule has 1 rings (SSSR count). The van der Waals surface area contributed by atoms with E-state index in [0.29, 0.717) is 0 Å². The summed E-state index contributed by atoms with van der Waals surface area (Å²) >= 11 is 0. The molecule has 1 radical (unpaired) electrons. The fraction of sp³-hybridized carbons (Fsp3) is 0.200. The van der Waals surface area contributed by atoms with E-state index in [9.17, 15) is 0 Å². The van der Waals surface area contributed by atoms with Crippen molar-refractivity contribution in [3.8, 4) is 0 Å². The van der Waals surface area contributed by atoms with Crippen LogP contribution in [0.25, 0.3) is 0 Å². The summed E-state index contributed by atoms with van der Waals surface area (Å²) in [5.41, 5.74) is 2.01. The molecule has 0 aliphatic heterocycles. The maximum Gasteiger partial charge on any atom is 0 e. The largest absolute Gasteiger partial charge is 0.299 e. The Labute approximate surface area is 95.3 Å². The van der Waals surface area contributed by atoms with Crippen LogP contribution in [0.2, 0.25) is 0 Å². The molecule has 0 amide bonds. The van der Waals surface area contributed by atoms with E-state index in [-0.39, 0.29) is 32.7 Å². The van der Waals surface area contributed by atoms with Crippen LogP contribution in [0.4, 0.5) is 0 Å². The van der Waals surface area contributed by atoms with Crippen molar-refractivity contribution in [3.05, 3.63) is 49.2 Å². The van der Waals surface area contributed by atoms with Crippen molar-refractivity contribution < 1.29 is 32.7 Å². The average Bonchev–Trinajstić information content (AvgIpc) is 2.00. The average molecular weight is 223 g/mol. The molecule has 1 aromatic rings. The molecule has 0 aliphatic carbocycles. The smallest absolute Gasteiger partial charge is 0 e. The van der Waals surface area contributed by atoms with Crippen molar-refractivity contribution in [3.63, 3.8) is 0 Å². The molecule has 0 heterocycles. The van der Waals surface area contributed by atoms with Crippen LogP contribution in [0, 0.1) is 13.8 Å². The molecule has 59 valence electrons. The third-order valence-corrected chi connectivity index (χ3v) is 1.12. The van der Waals surface area contributed by atoms with Crippen molar-refractivity contribution >= 4 is 0 Å². The second kappa shape index (κ2) is 8.16. The summed E-state index contributed by atoms with van der Waals surface area (Å²) in [6.45, 7) is 11.5. The molecule has 1 aromatic carbocycles. The molecule has 0 aliphatic rings. The van der Waals surface area contributed by atoms with Gasteiger partial charge in [-0.2, -0.15) is 0 Å². The molecule has 0 aromatic heterocycles. The third-order valence-electron chi connectivity index (χ3n) is 1.12. The SMILES string of the molecule is CC.[CH2-]c1ccccc1[CH2-].[Y]. The second-order valence-corrected chi connectivity index (χ2v) is 1.77. The zero-order chi connectivity index (χ0) is 7.98. The van der Waals surface area contributed by atoms with Crippen LogP contribution in [-0.4, -0.2) is 0 Å². The molecule has 0 bridgehead atoms. The quantitative estimate of drug-likeness (QED) is 0.593. The summed E-state index contributed by atoms with van der Waals surface area (Å²) in [7, 11) is 0. The zero-order valence-electron chi connectivity index (χ0n) is 7.30. The minimum Gasteiger partial charge on any atom is -0.299 e. The van der Waals surface area contributed by atoms with Crippen molar-refractivity contribution in [1.29, 1.82) is 0 Å². The third kappa shape index (κ3) is 5.35. The fourth-order valence-corrected chi connectivity index (χ4v) is 0.557. The van der Waals surface area contributed by atoms with Crippen molar-refractivity contribution in [2.45, 2.75) is 13.8 Å². The Hall–Kier alpha value is 0.0639. The number of hydrogen-bond donors (Lipinski definition) is 0. The summed E-state index contributed by atoms with van der Waals surface area (Å²) in [4.78, 5) is 0. The predicted octanol–water partition coefficient (Wildman–Crippen LogP) is 3.07. The van der Waals surface area contributed by atoms with Gasteiger partial charge in [0.2, 0.25) is 0 Å². The minimum absolute atomic E-state index is 0. The second-order valence-electron chi connectivity index (χ2n) is 1.77. The van der Waals surface area contributed by atoms with Gasteiger partial charge in [-0.15, -0.1) is 12.1 Å². The minimum atomic E-state index is 0. The first kappa shape index (κ1) is 13.6. The molecular weight excluding hydrogens is 209 g/mol. The van der Waals surface area contributed by atoms with E-state index in [1.807, 2.05) is 38.1 Å². The van der Waals surface area contributed by atoms with Crippen LogP contribution in [0.5, 0.6) is 0 Å². The van der Waals surface area contributed by atoms with Gasteiger partial charge in [-0.25, -0.2) is 12.1 Å². The number of hydrogen-bond acceptors (Lipinski definition) is 0. The van der Waals surface area contributed by atoms with Gasteiger partial charge in [0.25, 0.3) is 0 Å². The van der Waals surface area contributed by atoms with Crippen molar-refractivity contribution in [2.75, 3.05) is 0 Å². The molecular formula is C10H14Y-2. The molecule has 1 heteroatoms. The topological polar surface area (TPSA) is 0 Å². The first-order valence-electron chi connectivity index (χ1n) is 3.53. The Morgan fingerprint density at radius 2 is 1.18 bits per heavy atom. The van der Waals surface area contributed by atoms with E-state index >= 15 is 0 Å². The Balaban J connectivity index is 0. The van der Waals surface area contributed by atoms with E-state index in [2.05, 4.69) is 13.8 Å². The van der Waals surface area contributed by atoms with E-state index in [0.717, 1.165) is 11.1 Å². The summed E-state index contributed by atoms with van der Waals surface area (Å²) in [6.07, 6.45) is 0. The summed E-state index contributed by atoms with van der Waals surface area (Å²) in [6, 6.07) is 7.80. The standard InChI is InChI=1S/C8H8.C2H6.Y/c1-7-5-3-4-6-8(7)2;1-2;/h3-6H,1-2H2;1-2H3;/q-2;;. The van der Waals surface area contributed by atoms with Crippen LogP contribution in [0.15, 0.2) is 24.3 Å². The maximum atomic E-state index is 3.76. The van der Waals surface area contributed by atoms with Crippen LogP contribution in [-0.2, 0) is 32.7 Å². The van der Waals surface area contributed by atoms with Crippen LogP contribution < -0.4 is 0 Å². The normalized spacial score (nSPS) is 7.09. The van der Waals surface area contributed by atoms with Gasteiger partial charge in [0, 0.05) is 32.7 Å². The van der Waals surface area contributed by atoms with Gasteiger partial charge in [0.1, 0.15) is 0 Å². The maximum absolute atomic E-state index is 3.76. The zero-order valence-corrected chi connectivity index (χ0v) is 10.1. The molecule has 0 fully saturated rings.